The van der Waals surface area contributed by atoms with Crippen LogP contribution in [0.3, 0.4) is 0 Å². The molecule has 4 rings (SSSR count). The zero-order valence-electron chi connectivity index (χ0n) is 14.1. The van der Waals surface area contributed by atoms with Crippen molar-refractivity contribution >= 4 is 5.91 Å². The van der Waals surface area contributed by atoms with E-state index in [1.807, 2.05) is 22.7 Å². The fourth-order valence-electron chi connectivity index (χ4n) is 4.23. The first-order chi connectivity index (χ1) is 11.5. The SMILES string of the molecule is Cc1cnn(C2CC3CCC(C2)N3C(=O)c2cccn(C)c2=O)c1. The first-order valence-corrected chi connectivity index (χ1v) is 8.53. The number of aromatic nitrogens is 3. The quantitative estimate of drug-likeness (QED) is 0.847. The molecule has 126 valence electrons. The van der Waals surface area contributed by atoms with Crippen LogP contribution >= 0.6 is 0 Å². The van der Waals surface area contributed by atoms with Gasteiger partial charge in [-0.3, -0.25) is 14.3 Å². The molecule has 2 atom stereocenters. The van der Waals surface area contributed by atoms with Crippen molar-refractivity contribution in [3.63, 3.8) is 0 Å². The predicted octanol–water partition coefficient (Wildman–Crippen LogP) is 1.90. The topological polar surface area (TPSA) is 60.1 Å². The Morgan fingerprint density at radius 3 is 2.54 bits per heavy atom. The highest BCUT2D eigenvalue weighted by molar-refractivity contribution is 5.94. The van der Waals surface area contributed by atoms with Crippen molar-refractivity contribution in [2.45, 2.75) is 50.7 Å². The zero-order chi connectivity index (χ0) is 16.8. The van der Waals surface area contributed by atoms with Crippen LogP contribution in [-0.4, -0.2) is 37.2 Å². The van der Waals surface area contributed by atoms with E-state index in [1.54, 1.807) is 25.4 Å². The van der Waals surface area contributed by atoms with Crippen molar-refractivity contribution in [3.8, 4) is 0 Å². The maximum absolute atomic E-state index is 13.0. The van der Waals surface area contributed by atoms with E-state index < -0.39 is 0 Å². The number of pyridine rings is 1. The molecule has 0 spiro atoms. The van der Waals surface area contributed by atoms with E-state index in [4.69, 9.17) is 0 Å². The summed E-state index contributed by atoms with van der Waals surface area (Å²) in [6.45, 7) is 2.04. The highest BCUT2D eigenvalue weighted by Crippen LogP contribution is 2.41. The fraction of sp³-hybridized carbons (Fsp3) is 0.500. The Labute approximate surface area is 140 Å². The molecule has 6 nitrogen and oxygen atoms in total. The molecule has 2 bridgehead atoms. The molecule has 2 aromatic heterocycles. The van der Waals surface area contributed by atoms with E-state index >= 15 is 0 Å². The van der Waals surface area contributed by atoms with Crippen LogP contribution in [-0.2, 0) is 7.05 Å². The van der Waals surface area contributed by atoms with Crippen molar-refractivity contribution in [2.24, 2.45) is 7.05 Å². The monoisotopic (exact) mass is 326 g/mol. The van der Waals surface area contributed by atoms with Crippen molar-refractivity contribution in [1.82, 2.24) is 19.2 Å². The number of fused-ring (bicyclic) bond motifs is 2. The van der Waals surface area contributed by atoms with E-state index in [-0.39, 0.29) is 29.1 Å². The van der Waals surface area contributed by atoms with Crippen molar-refractivity contribution in [3.05, 3.63) is 52.2 Å². The van der Waals surface area contributed by atoms with Crippen molar-refractivity contribution < 1.29 is 4.79 Å². The molecular weight excluding hydrogens is 304 g/mol. The summed E-state index contributed by atoms with van der Waals surface area (Å²) in [5, 5.41) is 4.45. The number of hydrogen-bond donors (Lipinski definition) is 0. The van der Waals surface area contributed by atoms with Gasteiger partial charge in [-0.2, -0.15) is 5.10 Å². The number of piperidine rings is 1. The maximum Gasteiger partial charge on any atom is 0.263 e. The molecule has 4 heterocycles. The largest absolute Gasteiger partial charge is 0.332 e. The molecule has 2 aliphatic heterocycles. The Morgan fingerprint density at radius 1 is 1.21 bits per heavy atom. The molecule has 2 fully saturated rings. The summed E-state index contributed by atoms with van der Waals surface area (Å²) in [6, 6.07) is 4.16. The van der Waals surface area contributed by atoms with Gasteiger partial charge in [0.2, 0.25) is 0 Å². The van der Waals surface area contributed by atoms with Crippen molar-refractivity contribution in [1.29, 1.82) is 0 Å². The van der Waals surface area contributed by atoms with Gasteiger partial charge >= 0.3 is 0 Å². The Hall–Kier alpha value is -2.37. The molecule has 0 N–H and O–H groups in total. The van der Waals surface area contributed by atoms with Gasteiger partial charge in [0, 0.05) is 31.5 Å². The third kappa shape index (κ3) is 2.37. The lowest BCUT2D eigenvalue weighted by Gasteiger charge is -2.39. The summed E-state index contributed by atoms with van der Waals surface area (Å²) in [4.78, 5) is 27.2. The Bertz CT molecular complexity index is 824. The van der Waals surface area contributed by atoms with Gasteiger partial charge in [-0.05, 0) is 50.3 Å². The van der Waals surface area contributed by atoms with Gasteiger partial charge < -0.3 is 9.47 Å². The smallest absolute Gasteiger partial charge is 0.263 e. The lowest BCUT2D eigenvalue weighted by Crippen LogP contribution is -2.48. The number of amides is 1. The van der Waals surface area contributed by atoms with E-state index in [9.17, 15) is 9.59 Å². The summed E-state index contributed by atoms with van der Waals surface area (Å²) in [5.41, 5.74) is 1.23. The van der Waals surface area contributed by atoms with Crippen LogP contribution in [0.25, 0.3) is 0 Å². The standard InChI is InChI=1S/C18H22N4O2/c1-12-10-19-21(11-12)15-8-13-5-6-14(9-15)22(13)18(24)16-4-3-7-20(2)17(16)23/h3-4,7,10-11,13-15H,5-6,8-9H2,1-2H3. The number of aryl methyl sites for hydroxylation is 2. The highest BCUT2D eigenvalue weighted by atomic mass is 16.2. The second-order valence-corrected chi connectivity index (χ2v) is 7.06. The number of carbonyl (C=O) groups is 1. The number of hydrogen-bond acceptors (Lipinski definition) is 3. The maximum atomic E-state index is 13.0. The lowest BCUT2D eigenvalue weighted by atomic mass is 9.96. The van der Waals surface area contributed by atoms with Crippen LogP contribution in [0, 0.1) is 6.92 Å². The van der Waals surface area contributed by atoms with Gasteiger partial charge in [0.05, 0.1) is 12.2 Å². The van der Waals surface area contributed by atoms with Crippen molar-refractivity contribution in [2.75, 3.05) is 0 Å². The summed E-state index contributed by atoms with van der Waals surface area (Å²) < 4.78 is 3.51. The molecule has 0 saturated carbocycles. The van der Waals surface area contributed by atoms with Gasteiger partial charge in [0.25, 0.3) is 11.5 Å². The Balaban J connectivity index is 1.59. The number of rotatable bonds is 2. The molecule has 2 unspecified atom stereocenters. The van der Waals surface area contributed by atoms with Crippen LogP contribution in [0.15, 0.2) is 35.5 Å². The molecule has 0 aliphatic carbocycles. The van der Waals surface area contributed by atoms with E-state index in [0.717, 1.165) is 31.2 Å². The second kappa shape index (κ2) is 5.61. The summed E-state index contributed by atoms with van der Waals surface area (Å²) in [6.07, 6.45) is 9.50. The Morgan fingerprint density at radius 2 is 1.92 bits per heavy atom. The minimum absolute atomic E-state index is 0.112. The Kier molecular flexibility index (Phi) is 3.55. The summed E-state index contributed by atoms with van der Waals surface area (Å²) >= 11 is 0. The lowest BCUT2D eigenvalue weighted by molar-refractivity contribution is 0.0522. The first-order valence-electron chi connectivity index (χ1n) is 8.53. The molecular formula is C18H22N4O2. The normalized spacial score (nSPS) is 25.9. The summed E-state index contributed by atoms with van der Waals surface area (Å²) in [5.74, 6) is -0.112. The average Bonchev–Trinajstić information content (AvgIpc) is 3.10. The highest BCUT2D eigenvalue weighted by Gasteiger charge is 2.44. The van der Waals surface area contributed by atoms with Crippen LogP contribution in [0.4, 0.5) is 0 Å². The third-order valence-corrected chi connectivity index (χ3v) is 5.40. The molecule has 0 radical (unpaired) electrons. The second-order valence-electron chi connectivity index (χ2n) is 7.06. The minimum Gasteiger partial charge on any atom is -0.332 e. The third-order valence-electron chi connectivity index (χ3n) is 5.40. The van der Waals surface area contributed by atoms with Crippen LogP contribution < -0.4 is 5.56 Å². The van der Waals surface area contributed by atoms with Gasteiger partial charge in [0.15, 0.2) is 0 Å². The molecule has 24 heavy (non-hydrogen) atoms. The van der Waals surface area contributed by atoms with E-state index in [0.29, 0.717) is 6.04 Å². The zero-order valence-corrected chi connectivity index (χ0v) is 14.1. The molecule has 2 saturated heterocycles. The van der Waals surface area contributed by atoms with Gasteiger partial charge in [0.1, 0.15) is 5.56 Å². The van der Waals surface area contributed by atoms with Gasteiger partial charge in [-0.1, -0.05) is 0 Å². The van der Waals surface area contributed by atoms with E-state index in [1.165, 1.54) is 4.57 Å². The van der Waals surface area contributed by atoms with Crippen LogP contribution in [0.1, 0.15) is 47.6 Å². The van der Waals surface area contributed by atoms with Gasteiger partial charge in [-0.25, -0.2) is 0 Å². The predicted molar refractivity (Wildman–Crippen MR) is 89.9 cm³/mol. The first kappa shape index (κ1) is 15.2. The molecule has 1 amide bonds. The van der Waals surface area contributed by atoms with Gasteiger partial charge in [-0.15, -0.1) is 0 Å². The number of carbonyl (C=O) groups excluding carboxylic acids is 1. The average molecular weight is 326 g/mol. The van der Waals surface area contributed by atoms with Crippen LogP contribution in [0.2, 0.25) is 0 Å². The van der Waals surface area contributed by atoms with Crippen LogP contribution in [0.5, 0.6) is 0 Å². The number of nitrogens with zero attached hydrogens (tertiary/aromatic N) is 4. The minimum atomic E-state index is -0.216. The van der Waals surface area contributed by atoms with E-state index in [2.05, 4.69) is 11.3 Å². The molecule has 2 aromatic rings. The molecule has 6 heteroatoms. The molecule has 0 aromatic carbocycles. The fourth-order valence-corrected chi connectivity index (χ4v) is 4.23. The molecule has 2 aliphatic rings. The summed E-state index contributed by atoms with van der Waals surface area (Å²) in [7, 11) is 1.68.